The Morgan fingerprint density at radius 3 is 1.20 bits per heavy atom. The normalized spacial score (nSPS) is 12.4. The van der Waals surface area contributed by atoms with Gasteiger partial charge in [-0.3, -0.25) is 4.79 Å². The number of rotatable bonds is 20. The molecule has 1 unspecified atom stereocenters. The highest BCUT2D eigenvalue weighted by Gasteiger charge is 2.11. The van der Waals surface area contributed by atoms with Crippen LogP contribution in [-0.2, 0) is 4.79 Å². The van der Waals surface area contributed by atoms with E-state index in [1.165, 1.54) is 109 Å². The molecule has 0 saturated carbocycles. The number of carbonyl (C=O) groups is 1. The lowest BCUT2D eigenvalue weighted by atomic mass is 10.0. The van der Waals surface area contributed by atoms with Crippen molar-refractivity contribution in [3.63, 3.8) is 0 Å². The van der Waals surface area contributed by atoms with Crippen molar-refractivity contribution >= 4 is 21.9 Å². The minimum atomic E-state index is -0.730. The van der Waals surface area contributed by atoms with Crippen molar-refractivity contribution in [2.45, 2.75) is 134 Å². The van der Waals surface area contributed by atoms with Gasteiger partial charge in [-0.25, -0.2) is 0 Å². The number of alkyl halides is 1. The van der Waals surface area contributed by atoms with Gasteiger partial charge in [0, 0.05) is 0 Å². The maximum absolute atomic E-state index is 10.7. The van der Waals surface area contributed by atoms with Gasteiger partial charge in [0.2, 0.25) is 0 Å². The molecule has 0 amide bonds. The summed E-state index contributed by atoms with van der Waals surface area (Å²) < 4.78 is 0. The maximum atomic E-state index is 10.7. The third-order valence-electron chi connectivity index (χ3n) is 5.08. The summed E-state index contributed by atoms with van der Waals surface area (Å²) in [4.78, 5) is 10.3. The first kappa shape index (κ1) is 24.9. The van der Waals surface area contributed by atoms with Gasteiger partial charge >= 0.3 is 5.97 Å². The molecule has 0 aliphatic heterocycles. The van der Waals surface area contributed by atoms with Crippen molar-refractivity contribution in [2.24, 2.45) is 0 Å². The first-order chi connectivity index (χ1) is 12.2. The Morgan fingerprint density at radius 2 is 0.920 bits per heavy atom. The number of aliphatic carboxylic acids is 1. The van der Waals surface area contributed by atoms with Crippen molar-refractivity contribution < 1.29 is 9.90 Å². The molecule has 0 aliphatic rings. The van der Waals surface area contributed by atoms with Crippen LogP contribution >= 0.6 is 15.9 Å². The number of halogens is 1. The average Bonchev–Trinajstić information content (AvgIpc) is 2.60. The fourth-order valence-electron chi connectivity index (χ4n) is 3.35. The Bertz CT molecular complexity index is 281. The lowest BCUT2D eigenvalue weighted by Gasteiger charge is -2.05. The summed E-state index contributed by atoms with van der Waals surface area (Å²) in [7, 11) is 0. The van der Waals surface area contributed by atoms with Crippen LogP contribution in [0.2, 0.25) is 0 Å². The van der Waals surface area contributed by atoms with Crippen LogP contribution in [0, 0.1) is 0 Å². The lowest BCUT2D eigenvalue weighted by Crippen LogP contribution is -2.11. The Hall–Kier alpha value is -0.0500. The van der Waals surface area contributed by atoms with E-state index in [4.69, 9.17) is 5.11 Å². The van der Waals surface area contributed by atoms with Gasteiger partial charge in [0.25, 0.3) is 0 Å². The standard InChI is InChI=1S/C22H43BrO2/c1-2-3-4-5-6-7-8-9-10-11-12-13-14-15-16-17-18-19-20-21(23)22(24)25/h21H,2-20H2,1H3,(H,24,25). The summed E-state index contributed by atoms with van der Waals surface area (Å²) >= 11 is 3.19. The Balaban J connectivity index is 3.04. The molecule has 0 heterocycles. The Kier molecular flexibility index (Phi) is 20.2. The van der Waals surface area contributed by atoms with E-state index >= 15 is 0 Å². The predicted octanol–water partition coefficient (Wildman–Crippen LogP) is 8.27. The van der Waals surface area contributed by atoms with E-state index in [0.717, 1.165) is 12.8 Å². The Labute approximate surface area is 165 Å². The highest BCUT2D eigenvalue weighted by Crippen LogP contribution is 2.16. The molecule has 150 valence electrons. The van der Waals surface area contributed by atoms with Crippen molar-refractivity contribution in [1.82, 2.24) is 0 Å². The first-order valence-corrected chi connectivity index (χ1v) is 12.0. The molecular formula is C22H43BrO2. The highest BCUT2D eigenvalue weighted by molar-refractivity contribution is 9.10. The van der Waals surface area contributed by atoms with Crippen LogP contribution in [0.15, 0.2) is 0 Å². The summed E-state index contributed by atoms with van der Waals surface area (Å²) in [6.07, 6.45) is 25.4. The molecule has 0 bridgehead atoms. The number of hydrogen-bond donors (Lipinski definition) is 1. The molecule has 3 heteroatoms. The fraction of sp³-hybridized carbons (Fsp3) is 0.955. The second kappa shape index (κ2) is 20.3. The zero-order valence-corrected chi connectivity index (χ0v) is 18.3. The van der Waals surface area contributed by atoms with Gasteiger partial charge < -0.3 is 5.11 Å². The molecule has 0 aromatic rings. The maximum Gasteiger partial charge on any atom is 0.317 e. The molecule has 0 aromatic carbocycles. The molecule has 25 heavy (non-hydrogen) atoms. The van der Waals surface area contributed by atoms with Crippen molar-refractivity contribution in [3.8, 4) is 0 Å². The largest absolute Gasteiger partial charge is 0.480 e. The van der Waals surface area contributed by atoms with Crippen LogP contribution in [0.3, 0.4) is 0 Å². The molecule has 0 saturated heterocycles. The minimum Gasteiger partial charge on any atom is -0.480 e. The van der Waals surface area contributed by atoms with E-state index in [-0.39, 0.29) is 4.83 Å². The molecular weight excluding hydrogens is 376 g/mol. The molecule has 0 spiro atoms. The quantitative estimate of drug-likeness (QED) is 0.159. The fourth-order valence-corrected chi connectivity index (χ4v) is 3.67. The van der Waals surface area contributed by atoms with E-state index in [9.17, 15) is 4.79 Å². The smallest absolute Gasteiger partial charge is 0.317 e. The second-order valence-corrected chi connectivity index (χ2v) is 8.71. The van der Waals surface area contributed by atoms with E-state index in [2.05, 4.69) is 22.9 Å². The molecule has 0 aromatic heterocycles. The monoisotopic (exact) mass is 418 g/mol. The van der Waals surface area contributed by atoms with Gasteiger partial charge in [-0.15, -0.1) is 0 Å². The molecule has 0 radical (unpaired) electrons. The van der Waals surface area contributed by atoms with Crippen LogP contribution in [0.25, 0.3) is 0 Å². The van der Waals surface area contributed by atoms with Crippen LogP contribution in [0.1, 0.15) is 129 Å². The molecule has 0 aliphatic carbocycles. The van der Waals surface area contributed by atoms with Crippen molar-refractivity contribution in [3.05, 3.63) is 0 Å². The van der Waals surface area contributed by atoms with Gasteiger partial charge in [-0.1, -0.05) is 138 Å². The van der Waals surface area contributed by atoms with Gasteiger partial charge in [0.15, 0.2) is 0 Å². The molecule has 0 fully saturated rings. The summed E-state index contributed by atoms with van der Waals surface area (Å²) in [6.45, 7) is 2.28. The van der Waals surface area contributed by atoms with Crippen LogP contribution < -0.4 is 0 Å². The highest BCUT2D eigenvalue weighted by atomic mass is 79.9. The lowest BCUT2D eigenvalue weighted by molar-refractivity contribution is -0.136. The van der Waals surface area contributed by atoms with Gasteiger partial charge in [0.1, 0.15) is 4.83 Å². The SMILES string of the molecule is CCCCCCCCCCCCCCCCCCCCC(Br)C(=O)O. The number of hydrogen-bond acceptors (Lipinski definition) is 1. The minimum absolute atomic E-state index is 0.353. The van der Waals surface area contributed by atoms with E-state index in [1.807, 2.05) is 0 Å². The third kappa shape index (κ3) is 20.1. The zero-order valence-electron chi connectivity index (χ0n) is 16.7. The van der Waals surface area contributed by atoms with Gasteiger partial charge in [0.05, 0.1) is 0 Å². The van der Waals surface area contributed by atoms with E-state index < -0.39 is 5.97 Å². The molecule has 2 nitrogen and oxygen atoms in total. The van der Waals surface area contributed by atoms with Gasteiger partial charge in [-0.2, -0.15) is 0 Å². The van der Waals surface area contributed by atoms with Gasteiger partial charge in [-0.05, 0) is 6.42 Å². The first-order valence-electron chi connectivity index (χ1n) is 11.0. The molecule has 1 atom stereocenters. The second-order valence-electron chi connectivity index (χ2n) is 7.60. The Morgan fingerprint density at radius 1 is 0.640 bits per heavy atom. The summed E-state index contributed by atoms with van der Waals surface area (Å²) in [5.41, 5.74) is 0. The summed E-state index contributed by atoms with van der Waals surface area (Å²) in [5, 5.41) is 8.78. The molecule has 1 N–H and O–H groups in total. The van der Waals surface area contributed by atoms with Crippen molar-refractivity contribution in [1.29, 1.82) is 0 Å². The topological polar surface area (TPSA) is 37.3 Å². The number of carboxylic acid groups (broad SMARTS) is 1. The van der Waals surface area contributed by atoms with E-state index in [1.54, 1.807) is 0 Å². The average molecular weight is 419 g/mol. The number of carboxylic acids is 1. The molecule has 0 rings (SSSR count). The predicted molar refractivity (Wildman–Crippen MR) is 114 cm³/mol. The number of unbranched alkanes of at least 4 members (excludes halogenated alkanes) is 17. The summed E-state index contributed by atoms with van der Waals surface area (Å²) in [5.74, 6) is -0.730. The van der Waals surface area contributed by atoms with Crippen LogP contribution in [0.5, 0.6) is 0 Å². The van der Waals surface area contributed by atoms with Crippen LogP contribution in [0.4, 0.5) is 0 Å². The van der Waals surface area contributed by atoms with Crippen LogP contribution in [-0.4, -0.2) is 15.9 Å². The van der Waals surface area contributed by atoms with Crippen molar-refractivity contribution in [2.75, 3.05) is 0 Å². The summed E-state index contributed by atoms with van der Waals surface area (Å²) in [6, 6.07) is 0. The third-order valence-corrected chi connectivity index (χ3v) is 5.93. The van der Waals surface area contributed by atoms with E-state index in [0.29, 0.717) is 0 Å². The zero-order chi connectivity index (χ0) is 18.6.